The van der Waals surface area contributed by atoms with Crippen LogP contribution >= 0.6 is 0 Å². The molecule has 0 aromatic carbocycles. The fourth-order valence-corrected chi connectivity index (χ4v) is 4.10. The molecule has 0 heterocycles. The van der Waals surface area contributed by atoms with Gasteiger partial charge in [0.2, 0.25) is 0 Å². The summed E-state index contributed by atoms with van der Waals surface area (Å²) < 4.78 is 5.99. The van der Waals surface area contributed by atoms with Gasteiger partial charge in [-0.25, -0.2) is 4.79 Å². The van der Waals surface area contributed by atoms with E-state index in [1.165, 1.54) is 38.5 Å². The van der Waals surface area contributed by atoms with Crippen LogP contribution in [0.1, 0.15) is 71.6 Å². The molecule has 108 valence electrons. The number of hydrogen-bond donors (Lipinski definition) is 0. The van der Waals surface area contributed by atoms with Gasteiger partial charge in [-0.2, -0.15) is 0 Å². The molecule has 0 bridgehead atoms. The molecule has 2 nitrogen and oxygen atoms in total. The summed E-state index contributed by atoms with van der Waals surface area (Å²) >= 11 is 0. The lowest BCUT2D eigenvalue weighted by atomic mass is 9.74. The van der Waals surface area contributed by atoms with Crippen molar-refractivity contribution in [2.75, 3.05) is 0 Å². The highest BCUT2D eigenvalue weighted by Gasteiger charge is 2.51. The molecule has 2 aliphatic carbocycles. The molecule has 2 heteroatoms. The van der Waals surface area contributed by atoms with Crippen LogP contribution in [0.15, 0.2) is 12.2 Å². The van der Waals surface area contributed by atoms with Crippen LogP contribution in [0.5, 0.6) is 0 Å². The molecule has 3 unspecified atom stereocenters. The van der Waals surface area contributed by atoms with Gasteiger partial charge in [0.15, 0.2) is 0 Å². The second kappa shape index (κ2) is 6.11. The van der Waals surface area contributed by atoms with E-state index in [0.29, 0.717) is 11.5 Å². The van der Waals surface area contributed by atoms with E-state index in [4.69, 9.17) is 4.74 Å². The third kappa shape index (κ3) is 3.04. The summed E-state index contributed by atoms with van der Waals surface area (Å²) in [5.41, 5.74) is 0.368. The molecule has 0 spiro atoms. The molecule has 0 amide bonds. The Balaban J connectivity index is 2.14. The Hall–Kier alpha value is -0.790. The number of fused-ring (bicyclic) bond motifs is 1. The molecule has 0 saturated heterocycles. The number of hydrogen-bond acceptors (Lipinski definition) is 2. The zero-order valence-corrected chi connectivity index (χ0v) is 12.5. The second-order valence-electron chi connectivity index (χ2n) is 6.53. The number of esters is 1. The Morgan fingerprint density at radius 1 is 1.32 bits per heavy atom. The highest BCUT2D eigenvalue weighted by Crippen LogP contribution is 2.52. The van der Waals surface area contributed by atoms with Crippen molar-refractivity contribution in [2.24, 2.45) is 11.8 Å². The highest BCUT2D eigenvalue weighted by atomic mass is 16.6. The summed E-state index contributed by atoms with van der Waals surface area (Å²) in [6.07, 6.45) is 10.9. The fraction of sp³-hybridized carbons (Fsp3) is 0.824. The van der Waals surface area contributed by atoms with Crippen molar-refractivity contribution in [3.63, 3.8) is 0 Å². The predicted octanol–water partition coefficient (Wildman–Crippen LogP) is 4.63. The number of carbonyl (C=O) groups is 1. The van der Waals surface area contributed by atoms with E-state index in [0.717, 1.165) is 25.2 Å². The van der Waals surface area contributed by atoms with Crippen LogP contribution in [0.2, 0.25) is 0 Å². The molecule has 3 atom stereocenters. The van der Waals surface area contributed by atoms with Gasteiger partial charge in [-0.3, -0.25) is 0 Å². The van der Waals surface area contributed by atoms with E-state index in [2.05, 4.69) is 13.5 Å². The molecular weight excluding hydrogens is 236 g/mol. The van der Waals surface area contributed by atoms with Crippen LogP contribution in [0.25, 0.3) is 0 Å². The fourth-order valence-electron chi connectivity index (χ4n) is 4.10. The molecule has 2 saturated carbocycles. The van der Waals surface area contributed by atoms with Gasteiger partial charge >= 0.3 is 5.97 Å². The molecular formula is C17H28O2. The highest BCUT2D eigenvalue weighted by molar-refractivity contribution is 5.87. The SMILES string of the molecule is C=C(C)C(=O)OC1(CCCC)CCC2CCCCC21. The first-order chi connectivity index (χ1) is 9.09. The molecule has 0 radical (unpaired) electrons. The van der Waals surface area contributed by atoms with Gasteiger partial charge in [-0.05, 0) is 44.9 Å². The Morgan fingerprint density at radius 3 is 2.74 bits per heavy atom. The van der Waals surface area contributed by atoms with Crippen molar-refractivity contribution in [1.82, 2.24) is 0 Å². The van der Waals surface area contributed by atoms with Gasteiger partial charge in [0.1, 0.15) is 5.60 Å². The standard InChI is InChI=1S/C17H28O2/c1-4-5-11-17(19-16(18)13(2)3)12-10-14-8-6-7-9-15(14)17/h14-15H,2,4-12H2,1,3H3. The van der Waals surface area contributed by atoms with E-state index in [1.54, 1.807) is 6.92 Å². The Morgan fingerprint density at radius 2 is 2.05 bits per heavy atom. The topological polar surface area (TPSA) is 26.3 Å². The van der Waals surface area contributed by atoms with E-state index >= 15 is 0 Å². The second-order valence-corrected chi connectivity index (χ2v) is 6.53. The summed E-state index contributed by atoms with van der Waals surface area (Å²) in [5.74, 6) is 1.22. The van der Waals surface area contributed by atoms with Gasteiger partial charge in [0.25, 0.3) is 0 Å². The third-order valence-electron chi connectivity index (χ3n) is 5.12. The first-order valence-corrected chi connectivity index (χ1v) is 7.98. The lowest BCUT2D eigenvalue weighted by molar-refractivity contribution is -0.162. The van der Waals surface area contributed by atoms with Crippen LogP contribution in [-0.2, 0) is 9.53 Å². The minimum Gasteiger partial charge on any atom is -0.455 e. The van der Waals surface area contributed by atoms with E-state index < -0.39 is 0 Å². The summed E-state index contributed by atoms with van der Waals surface area (Å²) in [6.45, 7) is 7.70. The van der Waals surface area contributed by atoms with Gasteiger partial charge < -0.3 is 4.74 Å². The number of carbonyl (C=O) groups excluding carboxylic acids is 1. The molecule has 0 aromatic heterocycles. The van der Waals surface area contributed by atoms with Crippen molar-refractivity contribution in [1.29, 1.82) is 0 Å². The largest absolute Gasteiger partial charge is 0.455 e. The molecule has 0 N–H and O–H groups in total. The van der Waals surface area contributed by atoms with Crippen molar-refractivity contribution in [2.45, 2.75) is 77.2 Å². The minimum atomic E-state index is -0.178. The molecule has 2 aliphatic rings. The van der Waals surface area contributed by atoms with Crippen molar-refractivity contribution >= 4 is 5.97 Å². The van der Waals surface area contributed by atoms with Crippen molar-refractivity contribution < 1.29 is 9.53 Å². The van der Waals surface area contributed by atoms with Crippen molar-refractivity contribution in [3.05, 3.63) is 12.2 Å². The average Bonchev–Trinajstić information content (AvgIpc) is 2.76. The van der Waals surface area contributed by atoms with E-state index in [-0.39, 0.29) is 11.6 Å². The van der Waals surface area contributed by atoms with Gasteiger partial charge in [0, 0.05) is 11.5 Å². The quantitative estimate of drug-likeness (QED) is 0.534. The number of ether oxygens (including phenoxy) is 1. The van der Waals surface area contributed by atoms with Crippen molar-refractivity contribution in [3.8, 4) is 0 Å². The smallest absolute Gasteiger partial charge is 0.333 e. The Labute approximate surface area is 117 Å². The normalized spacial score (nSPS) is 33.8. The summed E-state index contributed by atoms with van der Waals surface area (Å²) in [7, 11) is 0. The molecule has 0 aromatic rings. The zero-order chi connectivity index (χ0) is 13.9. The molecule has 19 heavy (non-hydrogen) atoms. The van der Waals surface area contributed by atoms with Crippen LogP contribution < -0.4 is 0 Å². The third-order valence-corrected chi connectivity index (χ3v) is 5.12. The molecule has 0 aliphatic heterocycles. The van der Waals surface area contributed by atoms with Crippen LogP contribution in [0.4, 0.5) is 0 Å². The number of rotatable bonds is 5. The lowest BCUT2D eigenvalue weighted by Gasteiger charge is -2.39. The van der Waals surface area contributed by atoms with Gasteiger partial charge in [0.05, 0.1) is 0 Å². The number of unbranched alkanes of at least 4 members (excludes halogenated alkanes) is 1. The van der Waals surface area contributed by atoms with Crippen LogP contribution in [0, 0.1) is 11.8 Å². The van der Waals surface area contributed by atoms with Gasteiger partial charge in [-0.15, -0.1) is 0 Å². The first kappa shape index (κ1) is 14.6. The summed E-state index contributed by atoms with van der Waals surface area (Å²) in [5, 5.41) is 0. The lowest BCUT2D eigenvalue weighted by Crippen LogP contribution is -2.41. The van der Waals surface area contributed by atoms with E-state index in [9.17, 15) is 4.79 Å². The predicted molar refractivity (Wildman–Crippen MR) is 77.8 cm³/mol. The Bertz CT molecular complexity index is 347. The van der Waals surface area contributed by atoms with Gasteiger partial charge in [-0.1, -0.05) is 39.2 Å². The first-order valence-electron chi connectivity index (χ1n) is 7.98. The molecule has 2 rings (SSSR count). The summed E-state index contributed by atoms with van der Waals surface area (Å²) in [4.78, 5) is 12.0. The van der Waals surface area contributed by atoms with E-state index in [1.807, 2.05) is 0 Å². The Kier molecular flexibility index (Phi) is 4.70. The maximum Gasteiger partial charge on any atom is 0.333 e. The average molecular weight is 264 g/mol. The summed E-state index contributed by atoms with van der Waals surface area (Å²) in [6, 6.07) is 0. The van der Waals surface area contributed by atoms with Crippen LogP contribution in [0.3, 0.4) is 0 Å². The maximum absolute atomic E-state index is 12.0. The zero-order valence-electron chi connectivity index (χ0n) is 12.5. The monoisotopic (exact) mass is 264 g/mol. The maximum atomic E-state index is 12.0. The minimum absolute atomic E-state index is 0.170. The van der Waals surface area contributed by atoms with Crippen LogP contribution in [-0.4, -0.2) is 11.6 Å². The molecule has 2 fully saturated rings.